The third-order valence-electron chi connectivity index (χ3n) is 5.49. The van der Waals surface area contributed by atoms with Crippen LogP contribution >= 0.6 is 11.6 Å². The zero-order valence-corrected chi connectivity index (χ0v) is 19.4. The SMILES string of the molecule is COC(=O)CCc1ccc(N(c2ccc(-c3ccc(Cl)nc3)cc2)c2cccc(C)c2)cc1. The monoisotopic (exact) mass is 456 g/mol. The summed E-state index contributed by atoms with van der Waals surface area (Å²) in [5.41, 5.74) is 7.55. The van der Waals surface area contributed by atoms with Crippen molar-refractivity contribution in [2.45, 2.75) is 19.8 Å². The maximum atomic E-state index is 11.5. The molecule has 0 aliphatic rings. The first-order valence-electron chi connectivity index (χ1n) is 10.8. The summed E-state index contributed by atoms with van der Waals surface area (Å²) in [6.07, 6.45) is 2.81. The number of methoxy groups -OCH3 is 1. The number of ether oxygens (including phenoxy) is 1. The Morgan fingerprint density at radius 3 is 2.15 bits per heavy atom. The van der Waals surface area contributed by atoms with Crippen LogP contribution in [-0.2, 0) is 16.0 Å². The Hall–Kier alpha value is -3.63. The van der Waals surface area contributed by atoms with Crippen LogP contribution in [0.25, 0.3) is 11.1 Å². The van der Waals surface area contributed by atoms with E-state index < -0.39 is 0 Å². The fourth-order valence-electron chi connectivity index (χ4n) is 3.72. The van der Waals surface area contributed by atoms with Gasteiger partial charge in [0.15, 0.2) is 0 Å². The minimum atomic E-state index is -0.198. The Bertz CT molecular complexity index is 1220. The normalized spacial score (nSPS) is 10.6. The van der Waals surface area contributed by atoms with Gasteiger partial charge in [-0.1, -0.05) is 48.0 Å². The molecular weight excluding hydrogens is 432 g/mol. The minimum Gasteiger partial charge on any atom is -0.469 e. The van der Waals surface area contributed by atoms with Gasteiger partial charge in [-0.05, 0) is 78.6 Å². The topological polar surface area (TPSA) is 42.4 Å². The van der Waals surface area contributed by atoms with E-state index in [1.54, 1.807) is 12.3 Å². The van der Waals surface area contributed by atoms with E-state index in [9.17, 15) is 4.79 Å². The molecule has 0 atom stereocenters. The van der Waals surface area contributed by atoms with Crippen LogP contribution in [0.15, 0.2) is 91.1 Å². The molecule has 0 radical (unpaired) electrons. The number of aryl methyl sites for hydroxylation is 2. The van der Waals surface area contributed by atoms with Crippen LogP contribution in [0.1, 0.15) is 17.5 Å². The summed E-state index contributed by atoms with van der Waals surface area (Å²) in [6, 6.07) is 28.9. The molecule has 0 fully saturated rings. The van der Waals surface area contributed by atoms with Gasteiger partial charge in [0.2, 0.25) is 0 Å². The molecular formula is C28H25ClN2O2. The zero-order chi connectivity index (χ0) is 23.2. The van der Waals surface area contributed by atoms with Crippen LogP contribution in [0.4, 0.5) is 17.1 Å². The molecule has 0 unspecified atom stereocenters. The van der Waals surface area contributed by atoms with Crippen molar-refractivity contribution < 1.29 is 9.53 Å². The Kier molecular flexibility index (Phi) is 7.06. The average Bonchev–Trinajstić information content (AvgIpc) is 2.84. The van der Waals surface area contributed by atoms with Crippen molar-refractivity contribution in [3.05, 3.63) is 107 Å². The molecule has 0 saturated carbocycles. The lowest BCUT2D eigenvalue weighted by molar-refractivity contribution is -0.140. The van der Waals surface area contributed by atoms with E-state index in [4.69, 9.17) is 16.3 Å². The van der Waals surface area contributed by atoms with E-state index in [2.05, 4.69) is 89.6 Å². The molecule has 33 heavy (non-hydrogen) atoms. The number of halogens is 1. The number of benzene rings is 3. The van der Waals surface area contributed by atoms with Crippen LogP contribution in [0.5, 0.6) is 0 Å². The highest BCUT2D eigenvalue weighted by Crippen LogP contribution is 2.36. The molecule has 166 valence electrons. The lowest BCUT2D eigenvalue weighted by Gasteiger charge is -2.26. The lowest BCUT2D eigenvalue weighted by atomic mass is 10.1. The first kappa shape index (κ1) is 22.6. The summed E-state index contributed by atoms with van der Waals surface area (Å²) in [7, 11) is 1.42. The van der Waals surface area contributed by atoms with E-state index >= 15 is 0 Å². The van der Waals surface area contributed by atoms with Gasteiger partial charge in [-0.15, -0.1) is 0 Å². The van der Waals surface area contributed by atoms with Gasteiger partial charge in [0.05, 0.1) is 7.11 Å². The minimum absolute atomic E-state index is 0.198. The van der Waals surface area contributed by atoms with Crippen molar-refractivity contribution in [2.24, 2.45) is 0 Å². The maximum absolute atomic E-state index is 11.5. The quantitative estimate of drug-likeness (QED) is 0.216. The molecule has 1 heterocycles. The number of nitrogens with zero attached hydrogens (tertiary/aromatic N) is 2. The van der Waals surface area contributed by atoms with Crippen LogP contribution < -0.4 is 4.90 Å². The zero-order valence-electron chi connectivity index (χ0n) is 18.7. The van der Waals surface area contributed by atoms with Crippen LogP contribution in [0.3, 0.4) is 0 Å². The van der Waals surface area contributed by atoms with Gasteiger partial charge >= 0.3 is 5.97 Å². The Labute approximate surface area is 199 Å². The van der Waals surface area contributed by atoms with Crippen molar-refractivity contribution in [1.29, 1.82) is 0 Å². The predicted octanol–water partition coefficient (Wildman–Crippen LogP) is 7.29. The van der Waals surface area contributed by atoms with Gasteiger partial charge in [0.1, 0.15) is 5.15 Å². The highest BCUT2D eigenvalue weighted by molar-refractivity contribution is 6.29. The molecule has 1 aromatic heterocycles. The molecule has 0 N–H and O–H groups in total. The Morgan fingerprint density at radius 2 is 1.55 bits per heavy atom. The van der Waals surface area contributed by atoms with Gasteiger partial charge in [0, 0.05) is 35.2 Å². The van der Waals surface area contributed by atoms with Gasteiger partial charge in [0.25, 0.3) is 0 Å². The van der Waals surface area contributed by atoms with Gasteiger partial charge in [-0.3, -0.25) is 4.79 Å². The third-order valence-corrected chi connectivity index (χ3v) is 5.71. The number of carbonyl (C=O) groups is 1. The number of hydrogen-bond donors (Lipinski definition) is 0. The van der Waals surface area contributed by atoms with Crippen molar-refractivity contribution in [1.82, 2.24) is 4.98 Å². The molecule has 0 amide bonds. The number of rotatable bonds is 7. The van der Waals surface area contributed by atoms with Gasteiger partial charge < -0.3 is 9.64 Å². The van der Waals surface area contributed by atoms with E-state index in [-0.39, 0.29) is 5.97 Å². The van der Waals surface area contributed by atoms with E-state index in [0.29, 0.717) is 18.0 Å². The van der Waals surface area contributed by atoms with Crippen molar-refractivity contribution >= 4 is 34.6 Å². The molecule has 4 rings (SSSR count). The molecule has 0 bridgehead atoms. The summed E-state index contributed by atoms with van der Waals surface area (Å²) in [6.45, 7) is 2.09. The van der Waals surface area contributed by atoms with E-state index in [0.717, 1.165) is 33.8 Å². The largest absolute Gasteiger partial charge is 0.469 e. The smallest absolute Gasteiger partial charge is 0.305 e. The highest BCUT2D eigenvalue weighted by Gasteiger charge is 2.13. The maximum Gasteiger partial charge on any atom is 0.305 e. The second kappa shape index (κ2) is 10.3. The summed E-state index contributed by atoms with van der Waals surface area (Å²) in [4.78, 5) is 17.9. The molecule has 4 nitrogen and oxygen atoms in total. The van der Waals surface area contributed by atoms with Crippen LogP contribution in [-0.4, -0.2) is 18.1 Å². The molecule has 0 saturated heterocycles. The molecule has 0 aliphatic heterocycles. The summed E-state index contributed by atoms with van der Waals surface area (Å²) in [5, 5.41) is 0.482. The van der Waals surface area contributed by atoms with Gasteiger partial charge in [-0.2, -0.15) is 0 Å². The summed E-state index contributed by atoms with van der Waals surface area (Å²) >= 11 is 5.93. The van der Waals surface area contributed by atoms with E-state index in [1.807, 2.05) is 6.07 Å². The summed E-state index contributed by atoms with van der Waals surface area (Å²) in [5.74, 6) is -0.198. The van der Waals surface area contributed by atoms with Crippen molar-refractivity contribution in [2.75, 3.05) is 12.0 Å². The predicted molar refractivity (Wildman–Crippen MR) is 134 cm³/mol. The van der Waals surface area contributed by atoms with Crippen LogP contribution in [0, 0.1) is 6.92 Å². The van der Waals surface area contributed by atoms with Crippen LogP contribution in [0.2, 0.25) is 5.15 Å². The van der Waals surface area contributed by atoms with Crippen molar-refractivity contribution in [3.63, 3.8) is 0 Å². The highest BCUT2D eigenvalue weighted by atomic mass is 35.5. The fraction of sp³-hybridized carbons (Fsp3) is 0.143. The average molecular weight is 457 g/mol. The number of hydrogen-bond acceptors (Lipinski definition) is 4. The second-order valence-corrected chi connectivity index (χ2v) is 8.22. The molecule has 3 aromatic carbocycles. The van der Waals surface area contributed by atoms with Crippen molar-refractivity contribution in [3.8, 4) is 11.1 Å². The number of aromatic nitrogens is 1. The Balaban J connectivity index is 1.66. The molecule has 4 aromatic rings. The van der Waals surface area contributed by atoms with E-state index in [1.165, 1.54) is 12.7 Å². The lowest BCUT2D eigenvalue weighted by Crippen LogP contribution is -2.10. The summed E-state index contributed by atoms with van der Waals surface area (Å²) < 4.78 is 4.75. The molecule has 0 aliphatic carbocycles. The first-order chi connectivity index (χ1) is 16.0. The number of carbonyl (C=O) groups excluding carboxylic acids is 1. The first-order valence-corrected chi connectivity index (χ1v) is 11.2. The number of esters is 1. The van der Waals surface area contributed by atoms with Gasteiger partial charge in [-0.25, -0.2) is 4.98 Å². The third kappa shape index (κ3) is 5.60. The number of anilines is 3. The number of pyridine rings is 1. The second-order valence-electron chi connectivity index (χ2n) is 7.83. The Morgan fingerprint density at radius 1 is 0.879 bits per heavy atom. The standard InChI is InChI=1S/C28H25ClN2O2/c1-20-4-3-5-26(18-20)31(24-12-6-21(7-13-24)8-17-28(32)33-2)25-14-9-22(10-15-25)23-11-16-27(29)30-19-23/h3-7,9-16,18-19H,8,17H2,1-2H3. The fourth-order valence-corrected chi connectivity index (χ4v) is 3.84. The molecule has 5 heteroatoms. The molecule has 0 spiro atoms.